The van der Waals surface area contributed by atoms with Gasteiger partial charge in [-0.25, -0.2) is 9.69 Å². The summed E-state index contributed by atoms with van der Waals surface area (Å²) in [5, 5.41) is 8.71. The topological polar surface area (TPSA) is 127 Å². The van der Waals surface area contributed by atoms with E-state index in [2.05, 4.69) is 0 Å². The minimum absolute atomic E-state index is 0.0519. The van der Waals surface area contributed by atoms with Crippen LogP contribution in [0.2, 0.25) is 0 Å². The molecule has 1 rings (SSSR count). The molecule has 0 spiro atoms. The molecule has 1 aromatic carbocycles. The highest BCUT2D eigenvalue weighted by atomic mass is 16.6. The van der Waals surface area contributed by atoms with Crippen molar-refractivity contribution in [2.24, 2.45) is 5.73 Å². The average Bonchev–Trinajstić information content (AvgIpc) is 2.58. The lowest BCUT2D eigenvalue weighted by molar-refractivity contribution is -0.139. The van der Waals surface area contributed by atoms with Crippen LogP contribution in [0.5, 0.6) is 0 Å². The number of carbonyl (C=O) groups excluding carboxylic acids is 3. The summed E-state index contributed by atoms with van der Waals surface area (Å²) < 4.78 is 5.05. The number of hydrogen-bond acceptors (Lipinski definition) is 6. The van der Waals surface area contributed by atoms with Gasteiger partial charge in [-0.1, -0.05) is 30.3 Å². The van der Waals surface area contributed by atoms with E-state index in [1.165, 1.54) is 6.92 Å². The van der Waals surface area contributed by atoms with E-state index < -0.39 is 30.1 Å². The molecule has 1 aromatic rings. The van der Waals surface area contributed by atoms with Crippen LogP contribution in [0.3, 0.4) is 0 Å². The average molecular weight is 336 g/mol. The molecule has 0 bridgehead atoms. The van der Waals surface area contributed by atoms with Crippen LogP contribution < -0.4 is 5.73 Å². The number of carboxylic acid groups (broad SMARTS) is 1. The Balaban J connectivity index is 2.69. The number of carbonyl (C=O) groups is 4. The first-order valence-electron chi connectivity index (χ1n) is 7.33. The summed E-state index contributed by atoms with van der Waals surface area (Å²) in [6.07, 6.45) is -0.972. The molecule has 0 aliphatic rings. The first-order chi connectivity index (χ1) is 11.4. The summed E-state index contributed by atoms with van der Waals surface area (Å²) in [7, 11) is 0. The molecule has 0 heterocycles. The molecule has 24 heavy (non-hydrogen) atoms. The van der Waals surface area contributed by atoms with Crippen molar-refractivity contribution in [2.45, 2.75) is 38.5 Å². The minimum Gasteiger partial charge on any atom is -0.480 e. The lowest BCUT2D eigenvalue weighted by Crippen LogP contribution is -2.45. The predicted octanol–water partition coefficient (Wildman–Crippen LogP) is 0.931. The fraction of sp³-hybridized carbons (Fsp3) is 0.375. The molecule has 0 aliphatic heterocycles. The zero-order valence-electron chi connectivity index (χ0n) is 13.3. The van der Waals surface area contributed by atoms with Gasteiger partial charge in [-0.15, -0.1) is 0 Å². The van der Waals surface area contributed by atoms with Crippen LogP contribution in [0.4, 0.5) is 4.79 Å². The molecule has 0 saturated carbocycles. The minimum atomic E-state index is -1.25. The highest BCUT2D eigenvalue weighted by Gasteiger charge is 2.28. The van der Waals surface area contributed by atoms with Crippen LogP contribution in [0, 0.1) is 0 Å². The van der Waals surface area contributed by atoms with Crippen LogP contribution in [0.15, 0.2) is 30.3 Å². The number of hydrogen-bond donors (Lipinski definition) is 2. The Hall–Kier alpha value is -2.74. The highest BCUT2D eigenvalue weighted by Crippen LogP contribution is 2.09. The predicted molar refractivity (Wildman–Crippen MR) is 83.8 cm³/mol. The number of imide groups is 1. The third kappa shape index (κ3) is 5.81. The fourth-order valence-electron chi connectivity index (χ4n) is 1.87. The second-order valence-electron chi connectivity index (χ2n) is 5.16. The molecule has 2 amide bonds. The standard InChI is InChI=1S/C16H20N2O6/c1-11(9-19)18(14(20)8-7-13(17)15(21)22)16(23)24-10-12-5-3-2-4-6-12/h2-6,9,11,13H,7-8,10,17H2,1H3,(H,21,22)/t11-,13-/m1/s1. The Labute approximate surface area is 139 Å². The highest BCUT2D eigenvalue weighted by molar-refractivity contribution is 5.94. The van der Waals surface area contributed by atoms with Gasteiger partial charge in [-0.3, -0.25) is 9.59 Å². The number of aliphatic carboxylic acids is 1. The lowest BCUT2D eigenvalue weighted by Gasteiger charge is -2.23. The van der Waals surface area contributed by atoms with E-state index >= 15 is 0 Å². The van der Waals surface area contributed by atoms with E-state index in [0.29, 0.717) is 11.2 Å². The Morgan fingerprint density at radius 2 is 1.92 bits per heavy atom. The molecule has 0 radical (unpaired) electrons. The maximum atomic E-state index is 12.1. The van der Waals surface area contributed by atoms with Gasteiger partial charge in [0.1, 0.15) is 18.9 Å². The molecule has 130 valence electrons. The van der Waals surface area contributed by atoms with E-state index in [1.807, 2.05) is 0 Å². The zero-order valence-corrected chi connectivity index (χ0v) is 13.3. The van der Waals surface area contributed by atoms with Crippen LogP contribution >= 0.6 is 0 Å². The maximum Gasteiger partial charge on any atom is 0.417 e. The van der Waals surface area contributed by atoms with Gasteiger partial charge >= 0.3 is 12.1 Å². The molecule has 2 atom stereocenters. The van der Waals surface area contributed by atoms with Crippen molar-refractivity contribution in [1.29, 1.82) is 0 Å². The van der Waals surface area contributed by atoms with Gasteiger partial charge in [0.05, 0.1) is 6.04 Å². The van der Waals surface area contributed by atoms with Gasteiger partial charge < -0.3 is 20.4 Å². The monoisotopic (exact) mass is 336 g/mol. The first-order valence-corrected chi connectivity index (χ1v) is 7.33. The van der Waals surface area contributed by atoms with E-state index in [4.69, 9.17) is 15.6 Å². The molecule has 0 unspecified atom stereocenters. The quantitative estimate of drug-likeness (QED) is 0.676. The van der Waals surface area contributed by atoms with E-state index in [0.717, 1.165) is 5.56 Å². The third-order valence-electron chi connectivity index (χ3n) is 3.26. The lowest BCUT2D eigenvalue weighted by atomic mass is 10.1. The second kappa shape index (κ2) is 9.41. The number of rotatable bonds is 8. The number of nitrogens with zero attached hydrogens (tertiary/aromatic N) is 1. The van der Waals surface area contributed by atoms with Crippen molar-refractivity contribution >= 4 is 24.3 Å². The fourth-order valence-corrected chi connectivity index (χ4v) is 1.87. The van der Waals surface area contributed by atoms with Gasteiger partial charge in [-0.2, -0.15) is 0 Å². The largest absolute Gasteiger partial charge is 0.480 e. The van der Waals surface area contributed by atoms with Crippen LogP contribution in [-0.4, -0.2) is 46.3 Å². The molecule has 0 saturated heterocycles. The van der Waals surface area contributed by atoms with Gasteiger partial charge in [0.15, 0.2) is 0 Å². The first kappa shape index (κ1) is 19.3. The molecular formula is C16H20N2O6. The summed E-state index contributed by atoms with van der Waals surface area (Å²) >= 11 is 0. The van der Waals surface area contributed by atoms with Gasteiger partial charge in [0.2, 0.25) is 5.91 Å². The Morgan fingerprint density at radius 3 is 2.46 bits per heavy atom. The van der Waals surface area contributed by atoms with E-state index in [9.17, 15) is 19.2 Å². The number of nitrogens with two attached hydrogens (primary N) is 1. The van der Waals surface area contributed by atoms with Crippen molar-refractivity contribution in [3.8, 4) is 0 Å². The maximum absolute atomic E-state index is 12.1. The molecule has 0 fully saturated rings. The molecular weight excluding hydrogens is 316 g/mol. The number of ether oxygens (including phenoxy) is 1. The SMILES string of the molecule is C[C@H](C=O)N(C(=O)CC[C@@H](N)C(=O)O)C(=O)OCc1ccccc1. The van der Waals surface area contributed by atoms with Crippen LogP contribution in [0.25, 0.3) is 0 Å². The molecule has 3 N–H and O–H groups in total. The normalized spacial score (nSPS) is 12.8. The van der Waals surface area contributed by atoms with E-state index in [1.54, 1.807) is 30.3 Å². The van der Waals surface area contributed by atoms with Gasteiger partial charge in [0.25, 0.3) is 0 Å². The zero-order chi connectivity index (χ0) is 18.1. The van der Waals surface area contributed by atoms with Crippen molar-refractivity contribution < 1.29 is 29.0 Å². The number of amides is 2. The Bertz CT molecular complexity index is 589. The number of benzene rings is 1. The van der Waals surface area contributed by atoms with Crippen LogP contribution in [0.1, 0.15) is 25.3 Å². The van der Waals surface area contributed by atoms with Crippen molar-refractivity contribution in [3.05, 3.63) is 35.9 Å². The number of carboxylic acids is 1. The number of aldehydes is 1. The Morgan fingerprint density at radius 1 is 1.29 bits per heavy atom. The van der Waals surface area contributed by atoms with Gasteiger partial charge in [-0.05, 0) is 18.9 Å². The summed E-state index contributed by atoms with van der Waals surface area (Å²) in [5.41, 5.74) is 6.06. The summed E-state index contributed by atoms with van der Waals surface area (Å²) in [4.78, 5) is 46.5. The molecule has 0 aliphatic carbocycles. The molecule has 0 aromatic heterocycles. The van der Waals surface area contributed by atoms with Crippen molar-refractivity contribution in [2.75, 3.05) is 0 Å². The van der Waals surface area contributed by atoms with Crippen molar-refractivity contribution in [1.82, 2.24) is 4.90 Å². The van der Waals surface area contributed by atoms with Gasteiger partial charge in [0, 0.05) is 6.42 Å². The van der Waals surface area contributed by atoms with Crippen LogP contribution in [-0.2, 0) is 25.7 Å². The van der Waals surface area contributed by atoms with E-state index in [-0.39, 0.29) is 19.4 Å². The van der Waals surface area contributed by atoms with Crippen molar-refractivity contribution in [3.63, 3.8) is 0 Å². The summed E-state index contributed by atoms with van der Waals surface area (Å²) in [6, 6.07) is 6.59. The second-order valence-corrected chi connectivity index (χ2v) is 5.16. The molecule has 8 nitrogen and oxygen atoms in total. The summed E-state index contributed by atoms with van der Waals surface area (Å²) in [5.74, 6) is -1.96. The smallest absolute Gasteiger partial charge is 0.417 e. The Kier molecular flexibility index (Phi) is 7.57. The third-order valence-corrected chi connectivity index (χ3v) is 3.26. The summed E-state index contributed by atoms with van der Waals surface area (Å²) in [6.45, 7) is 1.31. The molecule has 8 heteroatoms.